The van der Waals surface area contributed by atoms with Crippen LogP contribution >= 0.6 is 0 Å². The number of rotatable bonds is 8. The van der Waals surface area contributed by atoms with Crippen molar-refractivity contribution in [3.63, 3.8) is 0 Å². The van der Waals surface area contributed by atoms with Crippen molar-refractivity contribution in [1.29, 1.82) is 0 Å². The van der Waals surface area contributed by atoms with Gasteiger partial charge in [-0.05, 0) is 40.4 Å². The van der Waals surface area contributed by atoms with Crippen molar-refractivity contribution in [2.75, 3.05) is 33.7 Å². The quantitative estimate of drug-likeness (QED) is 0.689. The summed E-state index contributed by atoms with van der Waals surface area (Å²) in [7, 11) is 4.19. The molecular formula is C13H30N2O. The second-order valence-electron chi connectivity index (χ2n) is 5.11. The smallest absolute Gasteiger partial charge is 0.0769 e. The molecule has 98 valence electrons. The van der Waals surface area contributed by atoms with Crippen molar-refractivity contribution < 1.29 is 5.11 Å². The van der Waals surface area contributed by atoms with Gasteiger partial charge in [0, 0.05) is 19.1 Å². The standard InChI is InChI=1S/C13H30N2O/c1-7-13(16,8-2)11-15(9-3)12(4)10-14(5)6/h12,16H,7-11H2,1-6H3. The molecule has 0 saturated heterocycles. The zero-order valence-electron chi connectivity index (χ0n) is 12.0. The predicted octanol–water partition coefficient (Wildman–Crippen LogP) is 1.81. The van der Waals surface area contributed by atoms with Crippen LogP contribution in [0.5, 0.6) is 0 Å². The van der Waals surface area contributed by atoms with Crippen molar-refractivity contribution in [3.05, 3.63) is 0 Å². The zero-order chi connectivity index (χ0) is 12.8. The summed E-state index contributed by atoms with van der Waals surface area (Å²) in [6.45, 7) is 11.3. The van der Waals surface area contributed by atoms with Crippen molar-refractivity contribution in [2.24, 2.45) is 0 Å². The Morgan fingerprint density at radius 1 is 1.12 bits per heavy atom. The molecule has 0 aliphatic rings. The van der Waals surface area contributed by atoms with Crippen LogP contribution in [-0.4, -0.2) is 60.3 Å². The molecule has 0 aromatic rings. The van der Waals surface area contributed by atoms with Crippen LogP contribution in [0.25, 0.3) is 0 Å². The lowest BCUT2D eigenvalue weighted by atomic mass is 9.96. The van der Waals surface area contributed by atoms with Crippen LogP contribution in [0.15, 0.2) is 0 Å². The van der Waals surface area contributed by atoms with E-state index >= 15 is 0 Å². The van der Waals surface area contributed by atoms with E-state index in [9.17, 15) is 5.11 Å². The van der Waals surface area contributed by atoms with Crippen molar-refractivity contribution in [3.8, 4) is 0 Å². The molecule has 0 radical (unpaired) electrons. The molecule has 0 amide bonds. The molecule has 0 saturated carbocycles. The lowest BCUT2D eigenvalue weighted by molar-refractivity contribution is -0.0141. The summed E-state index contributed by atoms with van der Waals surface area (Å²) in [6.07, 6.45) is 1.66. The minimum absolute atomic E-state index is 0.490. The van der Waals surface area contributed by atoms with Gasteiger partial charge < -0.3 is 10.0 Å². The van der Waals surface area contributed by atoms with Crippen LogP contribution in [0.2, 0.25) is 0 Å². The molecule has 1 unspecified atom stereocenters. The molecule has 0 aromatic carbocycles. The average Bonchev–Trinajstić information content (AvgIpc) is 2.24. The first-order valence-corrected chi connectivity index (χ1v) is 6.49. The molecule has 0 aliphatic carbocycles. The van der Waals surface area contributed by atoms with Gasteiger partial charge in [0.1, 0.15) is 0 Å². The molecule has 3 nitrogen and oxygen atoms in total. The fraction of sp³-hybridized carbons (Fsp3) is 1.00. The summed E-state index contributed by atoms with van der Waals surface area (Å²) >= 11 is 0. The highest BCUT2D eigenvalue weighted by Gasteiger charge is 2.27. The summed E-state index contributed by atoms with van der Waals surface area (Å²) in [4.78, 5) is 4.57. The van der Waals surface area contributed by atoms with Crippen LogP contribution < -0.4 is 0 Å². The minimum atomic E-state index is -0.517. The third kappa shape index (κ3) is 5.28. The lowest BCUT2D eigenvalue weighted by Crippen LogP contribution is -2.48. The molecule has 1 atom stereocenters. The van der Waals surface area contributed by atoms with Gasteiger partial charge in [-0.15, -0.1) is 0 Å². The Morgan fingerprint density at radius 3 is 1.94 bits per heavy atom. The van der Waals surface area contributed by atoms with E-state index in [1.807, 2.05) is 0 Å². The van der Waals surface area contributed by atoms with Crippen molar-refractivity contribution in [1.82, 2.24) is 9.80 Å². The monoisotopic (exact) mass is 230 g/mol. The maximum Gasteiger partial charge on any atom is 0.0769 e. The van der Waals surface area contributed by atoms with E-state index < -0.39 is 5.60 Å². The summed E-state index contributed by atoms with van der Waals surface area (Å²) in [5.74, 6) is 0. The molecule has 0 rings (SSSR count). The number of nitrogens with zero attached hydrogens (tertiary/aromatic N) is 2. The molecule has 1 N–H and O–H groups in total. The van der Waals surface area contributed by atoms with Crippen LogP contribution in [0, 0.1) is 0 Å². The fourth-order valence-corrected chi connectivity index (χ4v) is 2.07. The van der Waals surface area contributed by atoms with Crippen LogP contribution in [0.4, 0.5) is 0 Å². The normalized spacial score (nSPS) is 14.8. The molecule has 0 fully saturated rings. The summed E-state index contributed by atoms with van der Waals surface area (Å²) in [5, 5.41) is 10.4. The third-order valence-corrected chi connectivity index (χ3v) is 3.47. The van der Waals surface area contributed by atoms with Gasteiger partial charge >= 0.3 is 0 Å². The van der Waals surface area contributed by atoms with E-state index in [2.05, 4.69) is 51.6 Å². The first kappa shape index (κ1) is 15.9. The Bertz CT molecular complexity index is 179. The van der Waals surface area contributed by atoms with Gasteiger partial charge in [0.25, 0.3) is 0 Å². The van der Waals surface area contributed by atoms with Crippen LogP contribution in [-0.2, 0) is 0 Å². The molecule has 0 aliphatic heterocycles. The van der Waals surface area contributed by atoms with E-state index in [1.165, 1.54) is 0 Å². The SMILES string of the molecule is CCN(CC(O)(CC)CC)C(C)CN(C)C. The van der Waals surface area contributed by atoms with Crippen molar-refractivity contribution >= 4 is 0 Å². The van der Waals surface area contributed by atoms with Gasteiger partial charge in [-0.25, -0.2) is 0 Å². The maximum absolute atomic E-state index is 10.4. The second-order valence-corrected chi connectivity index (χ2v) is 5.11. The second kappa shape index (κ2) is 7.25. The number of hydrogen-bond acceptors (Lipinski definition) is 3. The Morgan fingerprint density at radius 2 is 1.62 bits per heavy atom. The van der Waals surface area contributed by atoms with E-state index in [0.717, 1.165) is 32.5 Å². The highest BCUT2D eigenvalue weighted by Crippen LogP contribution is 2.17. The van der Waals surface area contributed by atoms with E-state index in [0.29, 0.717) is 6.04 Å². The molecule has 16 heavy (non-hydrogen) atoms. The van der Waals surface area contributed by atoms with Crippen LogP contribution in [0.1, 0.15) is 40.5 Å². The molecule has 0 bridgehead atoms. The van der Waals surface area contributed by atoms with Gasteiger partial charge in [0.15, 0.2) is 0 Å². The van der Waals surface area contributed by atoms with Gasteiger partial charge in [-0.1, -0.05) is 20.8 Å². The molecule has 0 heterocycles. The first-order chi connectivity index (χ1) is 7.38. The maximum atomic E-state index is 10.4. The number of hydrogen-bond donors (Lipinski definition) is 1. The van der Waals surface area contributed by atoms with E-state index in [4.69, 9.17) is 0 Å². The van der Waals surface area contributed by atoms with Gasteiger partial charge in [-0.3, -0.25) is 4.90 Å². The summed E-state index contributed by atoms with van der Waals surface area (Å²) in [6, 6.07) is 0.490. The zero-order valence-corrected chi connectivity index (χ0v) is 12.0. The van der Waals surface area contributed by atoms with Gasteiger partial charge in [-0.2, -0.15) is 0 Å². The van der Waals surface area contributed by atoms with E-state index in [1.54, 1.807) is 0 Å². The van der Waals surface area contributed by atoms with E-state index in [-0.39, 0.29) is 0 Å². The Hall–Kier alpha value is -0.120. The lowest BCUT2D eigenvalue weighted by Gasteiger charge is -2.37. The molecule has 0 spiro atoms. The largest absolute Gasteiger partial charge is 0.389 e. The topological polar surface area (TPSA) is 26.7 Å². The third-order valence-electron chi connectivity index (χ3n) is 3.47. The van der Waals surface area contributed by atoms with Crippen LogP contribution in [0.3, 0.4) is 0 Å². The van der Waals surface area contributed by atoms with Gasteiger partial charge in [0.05, 0.1) is 5.60 Å². The molecule has 0 aromatic heterocycles. The Labute approximate surface area is 101 Å². The predicted molar refractivity (Wildman–Crippen MR) is 70.8 cm³/mol. The number of aliphatic hydroxyl groups is 1. The Kier molecular flexibility index (Phi) is 7.20. The Balaban J connectivity index is 4.38. The molecule has 3 heteroatoms. The number of likely N-dealkylation sites (N-methyl/N-ethyl adjacent to an activating group) is 2. The highest BCUT2D eigenvalue weighted by atomic mass is 16.3. The fourth-order valence-electron chi connectivity index (χ4n) is 2.07. The van der Waals surface area contributed by atoms with Gasteiger partial charge in [0.2, 0.25) is 0 Å². The average molecular weight is 230 g/mol. The van der Waals surface area contributed by atoms with Crippen molar-refractivity contribution in [2.45, 2.75) is 52.2 Å². The summed E-state index contributed by atoms with van der Waals surface area (Å²) < 4.78 is 0. The highest BCUT2D eigenvalue weighted by molar-refractivity contribution is 4.82. The summed E-state index contributed by atoms with van der Waals surface area (Å²) in [5.41, 5.74) is -0.517. The molecular weight excluding hydrogens is 200 g/mol. The minimum Gasteiger partial charge on any atom is -0.389 e. The first-order valence-electron chi connectivity index (χ1n) is 6.49.